The third-order valence-corrected chi connectivity index (χ3v) is 5.30. The van der Waals surface area contributed by atoms with Crippen LogP contribution in [0, 0.1) is 5.92 Å². The van der Waals surface area contributed by atoms with Gasteiger partial charge in [0, 0.05) is 56.5 Å². The number of amides is 2. The van der Waals surface area contributed by atoms with Crippen molar-refractivity contribution in [1.29, 1.82) is 0 Å². The number of nitrogens with zero attached hydrogens (tertiary/aromatic N) is 4. The normalized spacial score (nSPS) is 15.0. The van der Waals surface area contributed by atoms with E-state index >= 15 is 0 Å². The third-order valence-electron chi connectivity index (χ3n) is 5.30. The smallest absolute Gasteiger partial charge is 0.321 e. The van der Waals surface area contributed by atoms with E-state index in [1.807, 2.05) is 35.4 Å². The lowest BCUT2D eigenvalue weighted by molar-refractivity contribution is 0.179. The summed E-state index contributed by atoms with van der Waals surface area (Å²) in [4.78, 5) is 23.0. The number of methoxy groups -OCH3 is 1. The lowest BCUT2D eigenvalue weighted by Crippen LogP contribution is -2.41. The van der Waals surface area contributed by atoms with Crippen LogP contribution in [-0.4, -0.2) is 52.9 Å². The fourth-order valence-electron chi connectivity index (χ4n) is 3.62. The van der Waals surface area contributed by atoms with Gasteiger partial charge in [-0.15, -0.1) is 0 Å². The van der Waals surface area contributed by atoms with Crippen LogP contribution < -0.4 is 5.32 Å². The molecule has 3 aromatic rings. The first-order valence-corrected chi connectivity index (χ1v) is 9.91. The highest BCUT2D eigenvalue weighted by Gasteiger charge is 2.24. The Morgan fingerprint density at radius 1 is 1.28 bits per heavy atom. The SMILES string of the molecule is COCCc1noc(CC2CCN(C(=O)Nc3ccc4cnccc4c3)CC2)n1. The van der Waals surface area contributed by atoms with Crippen molar-refractivity contribution in [2.24, 2.45) is 5.92 Å². The second-order valence-electron chi connectivity index (χ2n) is 7.35. The Bertz CT molecular complexity index is 966. The first-order valence-electron chi connectivity index (χ1n) is 9.91. The third kappa shape index (κ3) is 4.89. The van der Waals surface area contributed by atoms with Crippen LogP contribution in [0.5, 0.6) is 0 Å². The van der Waals surface area contributed by atoms with E-state index in [4.69, 9.17) is 9.26 Å². The quantitative estimate of drug-likeness (QED) is 0.688. The van der Waals surface area contributed by atoms with Crippen molar-refractivity contribution in [2.75, 3.05) is 32.1 Å². The number of piperidine rings is 1. The van der Waals surface area contributed by atoms with Crippen molar-refractivity contribution in [3.05, 3.63) is 48.4 Å². The Morgan fingerprint density at radius 3 is 2.97 bits per heavy atom. The van der Waals surface area contributed by atoms with Crippen molar-refractivity contribution < 1.29 is 14.1 Å². The van der Waals surface area contributed by atoms with Gasteiger partial charge in [0.15, 0.2) is 5.82 Å². The number of carbonyl (C=O) groups is 1. The summed E-state index contributed by atoms with van der Waals surface area (Å²) in [6, 6.07) is 7.73. The summed E-state index contributed by atoms with van der Waals surface area (Å²) in [5.74, 6) is 1.80. The van der Waals surface area contributed by atoms with Crippen LogP contribution in [0.1, 0.15) is 24.6 Å². The maximum Gasteiger partial charge on any atom is 0.321 e. The van der Waals surface area contributed by atoms with Gasteiger partial charge in [0.2, 0.25) is 5.89 Å². The highest BCUT2D eigenvalue weighted by molar-refractivity contribution is 5.93. The number of fused-ring (bicyclic) bond motifs is 1. The fourth-order valence-corrected chi connectivity index (χ4v) is 3.62. The van der Waals surface area contributed by atoms with E-state index in [0.29, 0.717) is 30.7 Å². The number of hydrogen-bond donors (Lipinski definition) is 1. The van der Waals surface area contributed by atoms with Gasteiger partial charge in [-0.2, -0.15) is 4.98 Å². The molecule has 0 spiro atoms. The number of benzene rings is 1. The number of rotatable bonds is 6. The molecule has 0 bridgehead atoms. The predicted molar refractivity (Wildman–Crippen MR) is 109 cm³/mol. The molecule has 1 aromatic carbocycles. The summed E-state index contributed by atoms with van der Waals surface area (Å²) in [5, 5.41) is 9.10. The van der Waals surface area contributed by atoms with Crippen LogP contribution in [0.25, 0.3) is 10.8 Å². The second-order valence-corrected chi connectivity index (χ2v) is 7.35. The molecule has 0 unspecified atom stereocenters. The highest BCUT2D eigenvalue weighted by Crippen LogP contribution is 2.23. The molecule has 8 nitrogen and oxygen atoms in total. The number of aromatic nitrogens is 3. The number of carbonyl (C=O) groups excluding carboxylic acids is 1. The van der Waals surface area contributed by atoms with E-state index in [0.717, 1.165) is 48.8 Å². The highest BCUT2D eigenvalue weighted by atomic mass is 16.5. The molecule has 1 aliphatic rings. The van der Waals surface area contributed by atoms with Gasteiger partial charge in [-0.1, -0.05) is 11.2 Å². The van der Waals surface area contributed by atoms with Crippen LogP contribution in [0.3, 0.4) is 0 Å². The molecular weight excluding hydrogens is 370 g/mol. The van der Waals surface area contributed by atoms with Crippen molar-refractivity contribution in [1.82, 2.24) is 20.0 Å². The minimum absolute atomic E-state index is 0.0588. The van der Waals surface area contributed by atoms with E-state index < -0.39 is 0 Å². The standard InChI is InChI=1S/C21H25N5O3/c1-28-11-7-19-24-20(29-25-19)12-15-5-9-26(10-6-15)21(27)23-18-3-2-17-14-22-8-4-16(17)13-18/h2-4,8,13-15H,5-7,9-12H2,1H3,(H,23,27). The van der Waals surface area contributed by atoms with Gasteiger partial charge in [0.1, 0.15) is 0 Å². The van der Waals surface area contributed by atoms with E-state index in [9.17, 15) is 4.79 Å². The molecule has 3 heterocycles. The maximum atomic E-state index is 12.6. The second kappa shape index (κ2) is 9.00. The Labute approximate surface area is 169 Å². The molecule has 1 saturated heterocycles. The molecule has 0 aliphatic carbocycles. The average Bonchev–Trinajstić information content (AvgIpc) is 3.20. The van der Waals surface area contributed by atoms with Gasteiger partial charge < -0.3 is 19.5 Å². The molecule has 4 rings (SSSR count). The lowest BCUT2D eigenvalue weighted by atomic mass is 9.94. The summed E-state index contributed by atoms with van der Waals surface area (Å²) in [6.07, 6.45) is 6.83. The van der Waals surface area contributed by atoms with Crippen molar-refractivity contribution >= 4 is 22.5 Å². The van der Waals surface area contributed by atoms with Crippen molar-refractivity contribution in [3.8, 4) is 0 Å². The fraction of sp³-hybridized carbons (Fsp3) is 0.429. The minimum atomic E-state index is -0.0588. The summed E-state index contributed by atoms with van der Waals surface area (Å²) in [6.45, 7) is 2.03. The molecule has 2 aromatic heterocycles. The van der Waals surface area contributed by atoms with E-state index in [1.54, 1.807) is 13.3 Å². The van der Waals surface area contributed by atoms with Gasteiger partial charge in [-0.3, -0.25) is 4.98 Å². The Morgan fingerprint density at radius 2 is 2.14 bits per heavy atom. The summed E-state index contributed by atoms with van der Waals surface area (Å²) in [5.41, 5.74) is 0.797. The van der Waals surface area contributed by atoms with Gasteiger partial charge in [-0.25, -0.2) is 4.79 Å². The average molecular weight is 395 g/mol. The van der Waals surface area contributed by atoms with E-state index in [1.165, 1.54) is 0 Å². The Balaban J connectivity index is 1.27. The Kier molecular flexibility index (Phi) is 6.00. The molecule has 0 radical (unpaired) electrons. The monoisotopic (exact) mass is 395 g/mol. The van der Waals surface area contributed by atoms with E-state index in [2.05, 4.69) is 20.4 Å². The maximum absolute atomic E-state index is 12.6. The summed E-state index contributed by atoms with van der Waals surface area (Å²) >= 11 is 0. The van der Waals surface area contributed by atoms with Crippen LogP contribution >= 0.6 is 0 Å². The zero-order valence-electron chi connectivity index (χ0n) is 16.5. The van der Waals surface area contributed by atoms with Crippen molar-refractivity contribution in [3.63, 3.8) is 0 Å². The van der Waals surface area contributed by atoms with Crippen molar-refractivity contribution in [2.45, 2.75) is 25.7 Å². The number of ether oxygens (including phenoxy) is 1. The molecule has 1 N–H and O–H groups in total. The molecule has 0 saturated carbocycles. The minimum Gasteiger partial charge on any atom is -0.384 e. The molecule has 1 fully saturated rings. The molecule has 0 atom stereocenters. The first-order chi connectivity index (χ1) is 14.2. The van der Waals surface area contributed by atoms with Crippen LogP contribution in [0.4, 0.5) is 10.5 Å². The first kappa shape index (κ1) is 19.3. The lowest BCUT2D eigenvalue weighted by Gasteiger charge is -2.31. The predicted octanol–water partition coefficient (Wildman–Crippen LogP) is 3.29. The van der Waals surface area contributed by atoms with Gasteiger partial charge in [0.05, 0.1) is 6.61 Å². The van der Waals surface area contributed by atoms with Crippen LogP contribution in [-0.2, 0) is 17.6 Å². The molecule has 1 aliphatic heterocycles. The Hall–Kier alpha value is -3.00. The topological polar surface area (TPSA) is 93.4 Å². The number of nitrogens with one attached hydrogen (secondary N) is 1. The number of pyridine rings is 1. The zero-order chi connectivity index (χ0) is 20.1. The largest absolute Gasteiger partial charge is 0.384 e. The van der Waals surface area contributed by atoms with Gasteiger partial charge in [-0.05, 0) is 42.3 Å². The number of anilines is 1. The molecule has 29 heavy (non-hydrogen) atoms. The zero-order valence-corrected chi connectivity index (χ0v) is 16.5. The molecule has 2 amide bonds. The van der Waals surface area contributed by atoms with E-state index in [-0.39, 0.29) is 6.03 Å². The summed E-state index contributed by atoms with van der Waals surface area (Å²) < 4.78 is 10.4. The van der Waals surface area contributed by atoms with Gasteiger partial charge >= 0.3 is 6.03 Å². The van der Waals surface area contributed by atoms with Gasteiger partial charge in [0.25, 0.3) is 0 Å². The number of urea groups is 1. The summed E-state index contributed by atoms with van der Waals surface area (Å²) in [7, 11) is 1.66. The molecule has 8 heteroatoms. The number of hydrogen-bond acceptors (Lipinski definition) is 6. The molecular formula is C21H25N5O3. The van der Waals surface area contributed by atoms with Crippen LogP contribution in [0.2, 0.25) is 0 Å². The number of likely N-dealkylation sites (tertiary alicyclic amines) is 1. The van der Waals surface area contributed by atoms with Crippen LogP contribution in [0.15, 0.2) is 41.2 Å². The molecule has 152 valence electrons.